The van der Waals surface area contributed by atoms with Gasteiger partial charge in [-0.3, -0.25) is 0 Å². The van der Waals surface area contributed by atoms with E-state index in [1.165, 1.54) is 16.7 Å². The van der Waals surface area contributed by atoms with E-state index in [0.29, 0.717) is 45.2 Å². The van der Waals surface area contributed by atoms with Crippen LogP contribution in [0.5, 0.6) is 0 Å². The van der Waals surface area contributed by atoms with Crippen LogP contribution < -0.4 is 0 Å². The Morgan fingerprint density at radius 2 is 1.68 bits per heavy atom. The van der Waals surface area contributed by atoms with Crippen LogP contribution in [-0.4, -0.2) is 61.2 Å². The van der Waals surface area contributed by atoms with Crippen molar-refractivity contribution < 1.29 is 17.9 Å². The first-order chi connectivity index (χ1) is 12.1. The number of nitrogens with zero attached hydrogens (tertiary/aromatic N) is 3. The molecule has 1 spiro atoms. The smallest absolute Gasteiger partial charge is 0.246 e. The largest absolute Gasteiger partial charge is 0.379 e. The van der Waals surface area contributed by atoms with Gasteiger partial charge in [0.1, 0.15) is 4.90 Å². The van der Waals surface area contributed by atoms with E-state index < -0.39 is 15.6 Å². The zero-order valence-electron chi connectivity index (χ0n) is 13.7. The minimum absolute atomic E-state index is 0.0976. The molecule has 0 saturated carbocycles. The number of benzene rings is 1. The molecule has 8 heteroatoms. The molecule has 1 unspecified atom stereocenters. The van der Waals surface area contributed by atoms with Crippen LogP contribution in [0.1, 0.15) is 6.42 Å². The van der Waals surface area contributed by atoms with Crippen LogP contribution in [0.25, 0.3) is 11.4 Å². The second-order valence-electron chi connectivity index (χ2n) is 6.27. The molecule has 2 aromatic rings. The maximum Gasteiger partial charge on any atom is 0.246 e. The van der Waals surface area contributed by atoms with Crippen LogP contribution in [-0.2, 0) is 19.5 Å². The van der Waals surface area contributed by atoms with E-state index in [4.69, 9.17) is 9.47 Å². The normalized spacial score (nSPS) is 24.6. The molecule has 3 heterocycles. The lowest BCUT2D eigenvalue weighted by atomic mass is 9.99. The van der Waals surface area contributed by atoms with Crippen molar-refractivity contribution in [1.29, 1.82) is 0 Å². The Hall–Kier alpha value is -1.87. The minimum Gasteiger partial charge on any atom is -0.379 e. The lowest BCUT2D eigenvalue weighted by Gasteiger charge is -2.42. The summed E-state index contributed by atoms with van der Waals surface area (Å²) in [5.74, 6) is 0.500. The predicted octanol–water partition coefficient (Wildman–Crippen LogP) is 1.32. The van der Waals surface area contributed by atoms with Crippen LogP contribution in [0.4, 0.5) is 0 Å². The molecule has 0 N–H and O–H groups in total. The first kappa shape index (κ1) is 16.6. The maximum atomic E-state index is 13.1. The van der Waals surface area contributed by atoms with Crippen molar-refractivity contribution in [2.24, 2.45) is 0 Å². The van der Waals surface area contributed by atoms with Crippen molar-refractivity contribution in [3.8, 4) is 11.4 Å². The zero-order valence-corrected chi connectivity index (χ0v) is 14.5. The molecule has 25 heavy (non-hydrogen) atoms. The topological polar surface area (TPSA) is 81.6 Å². The molecule has 0 radical (unpaired) electrons. The SMILES string of the molecule is O=S(=O)(c1cnc(-c2ccccc2)nc1)N1CCOCC12CCOC2. The molecule has 2 fully saturated rings. The number of sulfonamides is 1. The molecule has 1 aromatic carbocycles. The Morgan fingerprint density at radius 3 is 2.32 bits per heavy atom. The van der Waals surface area contributed by atoms with E-state index >= 15 is 0 Å². The van der Waals surface area contributed by atoms with Crippen molar-refractivity contribution in [3.63, 3.8) is 0 Å². The fourth-order valence-electron chi connectivity index (χ4n) is 3.31. The highest BCUT2D eigenvalue weighted by Gasteiger charge is 2.49. The Morgan fingerprint density at radius 1 is 1.00 bits per heavy atom. The number of rotatable bonds is 3. The summed E-state index contributed by atoms with van der Waals surface area (Å²) in [6.07, 6.45) is 3.39. The van der Waals surface area contributed by atoms with Gasteiger partial charge in [0.05, 0.1) is 37.8 Å². The second kappa shape index (κ2) is 6.45. The summed E-state index contributed by atoms with van der Waals surface area (Å²) in [4.78, 5) is 8.59. The minimum atomic E-state index is -3.70. The highest BCUT2D eigenvalue weighted by molar-refractivity contribution is 7.89. The molecule has 0 aliphatic carbocycles. The summed E-state index contributed by atoms with van der Waals surface area (Å²) in [6, 6.07) is 9.46. The van der Waals surface area contributed by atoms with Gasteiger partial charge in [0, 0.05) is 18.7 Å². The van der Waals surface area contributed by atoms with Crippen molar-refractivity contribution in [3.05, 3.63) is 42.7 Å². The van der Waals surface area contributed by atoms with Crippen LogP contribution in [0, 0.1) is 0 Å². The Balaban J connectivity index is 1.66. The van der Waals surface area contributed by atoms with Crippen molar-refractivity contribution >= 4 is 10.0 Å². The summed E-state index contributed by atoms with van der Waals surface area (Å²) in [5.41, 5.74) is 0.230. The monoisotopic (exact) mass is 361 g/mol. The summed E-state index contributed by atoms with van der Waals surface area (Å²) in [6.45, 7) is 1.94. The van der Waals surface area contributed by atoms with Crippen molar-refractivity contribution in [2.75, 3.05) is 33.0 Å². The highest BCUT2D eigenvalue weighted by atomic mass is 32.2. The average Bonchev–Trinajstić information content (AvgIpc) is 3.11. The standard InChI is InChI=1S/C17H19N3O4S/c21-25(22,20-7-9-24-13-17(20)6-8-23-12-17)15-10-18-16(19-11-15)14-4-2-1-3-5-14/h1-5,10-11H,6-9,12-13H2. The van der Waals surface area contributed by atoms with Crippen LogP contribution >= 0.6 is 0 Å². The molecular formula is C17H19N3O4S. The molecule has 132 valence electrons. The van der Waals surface area contributed by atoms with Gasteiger partial charge in [0.2, 0.25) is 10.0 Å². The summed E-state index contributed by atoms with van der Waals surface area (Å²) >= 11 is 0. The lowest BCUT2D eigenvalue weighted by molar-refractivity contribution is -0.0293. The zero-order chi connectivity index (χ0) is 17.3. The Labute approximate surface area is 146 Å². The van der Waals surface area contributed by atoms with Gasteiger partial charge in [-0.2, -0.15) is 4.31 Å². The first-order valence-electron chi connectivity index (χ1n) is 8.18. The van der Waals surface area contributed by atoms with Gasteiger partial charge in [-0.05, 0) is 6.42 Å². The van der Waals surface area contributed by atoms with Crippen LogP contribution in [0.3, 0.4) is 0 Å². The number of ether oxygens (including phenoxy) is 2. The van der Waals surface area contributed by atoms with Crippen LogP contribution in [0.15, 0.2) is 47.6 Å². The third-order valence-corrected chi connectivity index (χ3v) is 6.63. The molecule has 4 rings (SSSR count). The summed E-state index contributed by atoms with van der Waals surface area (Å²) < 4.78 is 38.8. The fourth-order valence-corrected chi connectivity index (χ4v) is 4.96. The summed E-state index contributed by atoms with van der Waals surface area (Å²) in [5, 5.41) is 0. The second-order valence-corrected chi connectivity index (χ2v) is 8.13. The van der Waals surface area contributed by atoms with Gasteiger partial charge in [0.15, 0.2) is 5.82 Å². The summed E-state index contributed by atoms with van der Waals surface area (Å²) in [7, 11) is -3.70. The van der Waals surface area contributed by atoms with E-state index in [1.54, 1.807) is 0 Å². The highest BCUT2D eigenvalue weighted by Crippen LogP contribution is 2.34. The van der Waals surface area contributed by atoms with Crippen molar-refractivity contribution in [1.82, 2.24) is 14.3 Å². The Bertz CT molecular complexity index is 834. The maximum absolute atomic E-state index is 13.1. The quantitative estimate of drug-likeness (QED) is 0.820. The van der Waals surface area contributed by atoms with E-state index in [9.17, 15) is 8.42 Å². The molecule has 0 amide bonds. The number of morpholine rings is 1. The first-order valence-corrected chi connectivity index (χ1v) is 9.62. The number of hydrogen-bond acceptors (Lipinski definition) is 6. The van der Waals surface area contributed by atoms with Gasteiger partial charge in [-0.15, -0.1) is 0 Å². The molecule has 2 saturated heterocycles. The van der Waals surface area contributed by atoms with E-state index in [2.05, 4.69) is 9.97 Å². The average molecular weight is 361 g/mol. The van der Waals surface area contributed by atoms with Crippen molar-refractivity contribution in [2.45, 2.75) is 16.9 Å². The number of hydrogen-bond donors (Lipinski definition) is 0. The van der Waals surface area contributed by atoms with Gasteiger partial charge in [-0.1, -0.05) is 30.3 Å². The van der Waals surface area contributed by atoms with Gasteiger partial charge in [0.25, 0.3) is 0 Å². The molecular weight excluding hydrogens is 342 g/mol. The number of aromatic nitrogens is 2. The third kappa shape index (κ3) is 2.95. The van der Waals surface area contributed by atoms with Gasteiger partial charge in [-0.25, -0.2) is 18.4 Å². The fraction of sp³-hybridized carbons (Fsp3) is 0.412. The molecule has 0 bridgehead atoms. The van der Waals surface area contributed by atoms with Gasteiger partial charge >= 0.3 is 0 Å². The molecule has 7 nitrogen and oxygen atoms in total. The molecule has 1 aromatic heterocycles. The van der Waals surface area contributed by atoms with E-state index in [0.717, 1.165) is 5.56 Å². The van der Waals surface area contributed by atoms with Crippen LogP contribution in [0.2, 0.25) is 0 Å². The lowest BCUT2D eigenvalue weighted by Crippen LogP contribution is -2.59. The predicted molar refractivity (Wildman–Crippen MR) is 90.3 cm³/mol. The molecule has 2 aliphatic rings. The van der Waals surface area contributed by atoms with E-state index in [1.807, 2.05) is 30.3 Å². The molecule has 1 atom stereocenters. The van der Waals surface area contributed by atoms with Gasteiger partial charge < -0.3 is 9.47 Å². The third-order valence-electron chi connectivity index (χ3n) is 4.67. The van der Waals surface area contributed by atoms with E-state index in [-0.39, 0.29) is 4.90 Å². The molecule has 2 aliphatic heterocycles. The Kier molecular flexibility index (Phi) is 4.28.